The lowest BCUT2D eigenvalue weighted by molar-refractivity contribution is 0.411. The molecule has 1 heterocycles. The molecule has 0 bridgehead atoms. The SMILES string of the molecule is Cc1nn(CCCCNC(C)(C)C)c(C)c1C. The fourth-order valence-corrected chi connectivity index (χ4v) is 1.85. The smallest absolute Gasteiger partial charge is 0.0625 e. The van der Waals surface area contributed by atoms with Crippen molar-refractivity contribution in [2.24, 2.45) is 0 Å². The Bertz CT molecular complexity index is 358. The molecule has 0 saturated carbocycles. The molecule has 0 unspecified atom stereocenters. The van der Waals surface area contributed by atoms with E-state index in [0.29, 0.717) is 0 Å². The predicted octanol–water partition coefficient (Wildman–Crippen LogP) is 2.98. The van der Waals surface area contributed by atoms with Gasteiger partial charge in [0, 0.05) is 17.8 Å². The zero-order chi connectivity index (χ0) is 13.1. The summed E-state index contributed by atoms with van der Waals surface area (Å²) in [7, 11) is 0. The highest BCUT2D eigenvalue weighted by Crippen LogP contribution is 2.11. The van der Waals surface area contributed by atoms with Gasteiger partial charge in [0.1, 0.15) is 0 Å². The van der Waals surface area contributed by atoms with Crippen molar-refractivity contribution in [1.29, 1.82) is 0 Å². The molecule has 0 radical (unpaired) electrons. The van der Waals surface area contributed by atoms with E-state index in [0.717, 1.165) is 18.8 Å². The van der Waals surface area contributed by atoms with E-state index in [1.165, 1.54) is 24.1 Å². The van der Waals surface area contributed by atoms with Crippen LogP contribution in [0.5, 0.6) is 0 Å². The molecule has 0 aliphatic rings. The van der Waals surface area contributed by atoms with Gasteiger partial charge in [0.25, 0.3) is 0 Å². The molecule has 0 spiro atoms. The van der Waals surface area contributed by atoms with Crippen molar-refractivity contribution in [3.63, 3.8) is 0 Å². The van der Waals surface area contributed by atoms with Crippen molar-refractivity contribution in [3.8, 4) is 0 Å². The van der Waals surface area contributed by atoms with Gasteiger partial charge in [-0.25, -0.2) is 0 Å². The number of rotatable bonds is 5. The minimum absolute atomic E-state index is 0.231. The van der Waals surface area contributed by atoms with Crippen LogP contribution >= 0.6 is 0 Å². The summed E-state index contributed by atoms with van der Waals surface area (Å²) in [6.45, 7) is 15.1. The standard InChI is InChI=1S/C14H27N3/c1-11-12(2)16-17(13(11)3)10-8-7-9-15-14(4,5)6/h15H,7-10H2,1-6H3. The molecule has 0 fully saturated rings. The molecule has 1 aromatic heterocycles. The Hall–Kier alpha value is -0.830. The molecule has 1 N–H and O–H groups in total. The van der Waals surface area contributed by atoms with E-state index in [4.69, 9.17) is 0 Å². The van der Waals surface area contributed by atoms with Gasteiger partial charge in [-0.2, -0.15) is 5.10 Å². The topological polar surface area (TPSA) is 29.9 Å². The van der Waals surface area contributed by atoms with Crippen LogP contribution in [0, 0.1) is 20.8 Å². The van der Waals surface area contributed by atoms with Crippen molar-refractivity contribution >= 4 is 0 Å². The number of hydrogen-bond donors (Lipinski definition) is 1. The van der Waals surface area contributed by atoms with Gasteiger partial charge in [0.05, 0.1) is 5.69 Å². The predicted molar refractivity (Wildman–Crippen MR) is 73.4 cm³/mol. The molecule has 0 saturated heterocycles. The first kappa shape index (κ1) is 14.2. The summed E-state index contributed by atoms with van der Waals surface area (Å²) in [4.78, 5) is 0. The second-order valence-electron chi connectivity index (χ2n) is 5.90. The third-order valence-corrected chi connectivity index (χ3v) is 3.20. The second-order valence-corrected chi connectivity index (χ2v) is 5.90. The molecule has 3 heteroatoms. The van der Waals surface area contributed by atoms with Gasteiger partial charge < -0.3 is 5.32 Å². The maximum Gasteiger partial charge on any atom is 0.0625 e. The first-order valence-electron chi connectivity index (χ1n) is 6.57. The third kappa shape index (κ3) is 4.50. The Morgan fingerprint density at radius 2 is 1.76 bits per heavy atom. The van der Waals surface area contributed by atoms with E-state index in [1.54, 1.807) is 0 Å². The first-order chi connectivity index (χ1) is 7.81. The van der Waals surface area contributed by atoms with Gasteiger partial charge in [-0.1, -0.05) is 0 Å². The minimum Gasteiger partial charge on any atom is -0.312 e. The molecular weight excluding hydrogens is 210 g/mol. The monoisotopic (exact) mass is 237 g/mol. The van der Waals surface area contributed by atoms with Crippen molar-refractivity contribution in [3.05, 3.63) is 17.0 Å². The molecule has 3 nitrogen and oxygen atoms in total. The molecule has 0 amide bonds. The average Bonchev–Trinajstić information content (AvgIpc) is 2.44. The van der Waals surface area contributed by atoms with Crippen LogP contribution in [0.2, 0.25) is 0 Å². The molecule has 98 valence electrons. The summed E-state index contributed by atoms with van der Waals surface area (Å²) in [5.41, 5.74) is 4.04. The lowest BCUT2D eigenvalue weighted by Crippen LogP contribution is -2.36. The van der Waals surface area contributed by atoms with Gasteiger partial charge in [-0.05, 0) is 66.5 Å². The van der Waals surface area contributed by atoms with E-state index >= 15 is 0 Å². The molecule has 1 rings (SSSR count). The minimum atomic E-state index is 0.231. The second kappa shape index (κ2) is 5.67. The molecule has 17 heavy (non-hydrogen) atoms. The molecule has 0 aliphatic carbocycles. The fraction of sp³-hybridized carbons (Fsp3) is 0.786. The molecule has 0 atom stereocenters. The van der Waals surface area contributed by atoms with E-state index in [9.17, 15) is 0 Å². The summed E-state index contributed by atoms with van der Waals surface area (Å²) >= 11 is 0. The number of nitrogens with one attached hydrogen (secondary N) is 1. The number of unbranched alkanes of at least 4 members (excludes halogenated alkanes) is 1. The zero-order valence-electron chi connectivity index (χ0n) is 12.2. The van der Waals surface area contributed by atoms with E-state index in [2.05, 4.69) is 56.6 Å². The van der Waals surface area contributed by atoms with Crippen LogP contribution in [-0.4, -0.2) is 21.9 Å². The van der Waals surface area contributed by atoms with Crippen LogP contribution in [0.4, 0.5) is 0 Å². The van der Waals surface area contributed by atoms with Gasteiger partial charge in [-0.3, -0.25) is 4.68 Å². The maximum absolute atomic E-state index is 4.55. The Labute approximate surface area is 106 Å². The Morgan fingerprint density at radius 3 is 2.24 bits per heavy atom. The maximum atomic E-state index is 4.55. The highest BCUT2D eigenvalue weighted by atomic mass is 15.3. The highest BCUT2D eigenvalue weighted by molar-refractivity contribution is 5.21. The number of hydrogen-bond acceptors (Lipinski definition) is 2. The summed E-state index contributed by atoms with van der Waals surface area (Å²) in [5, 5.41) is 8.06. The highest BCUT2D eigenvalue weighted by Gasteiger charge is 2.08. The van der Waals surface area contributed by atoms with Crippen LogP contribution in [0.15, 0.2) is 0 Å². The van der Waals surface area contributed by atoms with Crippen molar-refractivity contribution < 1.29 is 0 Å². The van der Waals surface area contributed by atoms with Crippen LogP contribution in [0.1, 0.15) is 50.6 Å². The van der Waals surface area contributed by atoms with Crippen molar-refractivity contribution in [1.82, 2.24) is 15.1 Å². The number of aromatic nitrogens is 2. The summed E-state index contributed by atoms with van der Waals surface area (Å²) in [6.07, 6.45) is 2.39. The summed E-state index contributed by atoms with van der Waals surface area (Å²) in [6, 6.07) is 0. The summed E-state index contributed by atoms with van der Waals surface area (Å²) < 4.78 is 2.14. The van der Waals surface area contributed by atoms with Gasteiger partial charge in [-0.15, -0.1) is 0 Å². The Kier molecular flexibility index (Phi) is 4.75. The lowest BCUT2D eigenvalue weighted by Gasteiger charge is -2.20. The van der Waals surface area contributed by atoms with Crippen molar-refractivity contribution in [2.45, 2.75) is 66.5 Å². The van der Waals surface area contributed by atoms with E-state index in [-0.39, 0.29) is 5.54 Å². The summed E-state index contributed by atoms with van der Waals surface area (Å²) in [5.74, 6) is 0. The average molecular weight is 237 g/mol. The molecule has 1 aromatic rings. The number of nitrogens with zero attached hydrogens (tertiary/aromatic N) is 2. The van der Waals surface area contributed by atoms with Gasteiger partial charge in [0.2, 0.25) is 0 Å². The van der Waals surface area contributed by atoms with Gasteiger partial charge >= 0.3 is 0 Å². The molecule has 0 aromatic carbocycles. The first-order valence-corrected chi connectivity index (χ1v) is 6.57. The quantitative estimate of drug-likeness (QED) is 0.798. The van der Waals surface area contributed by atoms with Gasteiger partial charge in [0.15, 0.2) is 0 Å². The molecular formula is C14H27N3. The van der Waals surface area contributed by atoms with Crippen LogP contribution < -0.4 is 5.32 Å². The van der Waals surface area contributed by atoms with E-state index < -0.39 is 0 Å². The molecule has 0 aliphatic heterocycles. The Balaban J connectivity index is 2.29. The largest absolute Gasteiger partial charge is 0.312 e. The van der Waals surface area contributed by atoms with Crippen LogP contribution in [0.25, 0.3) is 0 Å². The zero-order valence-corrected chi connectivity index (χ0v) is 12.2. The fourth-order valence-electron chi connectivity index (χ4n) is 1.85. The van der Waals surface area contributed by atoms with Crippen LogP contribution in [0.3, 0.4) is 0 Å². The van der Waals surface area contributed by atoms with Crippen LogP contribution in [-0.2, 0) is 6.54 Å². The number of aryl methyl sites for hydroxylation is 2. The van der Waals surface area contributed by atoms with E-state index in [1.807, 2.05) is 0 Å². The third-order valence-electron chi connectivity index (χ3n) is 3.20. The normalized spacial score (nSPS) is 12.1. The van der Waals surface area contributed by atoms with Crippen molar-refractivity contribution in [2.75, 3.05) is 6.54 Å². The lowest BCUT2D eigenvalue weighted by atomic mass is 10.1. The Morgan fingerprint density at radius 1 is 1.12 bits per heavy atom.